The third-order valence-electron chi connectivity index (χ3n) is 4.59. The lowest BCUT2D eigenvalue weighted by atomic mass is 9.83. The highest BCUT2D eigenvalue weighted by Crippen LogP contribution is 2.27. The molecule has 1 saturated heterocycles. The number of carbonyl (C=O) groups excluding carboxylic acids is 1. The van der Waals surface area contributed by atoms with Crippen molar-refractivity contribution in [2.24, 2.45) is 0 Å². The lowest BCUT2D eigenvalue weighted by Gasteiger charge is -2.32. The number of hydrogen-bond donors (Lipinski definition) is 2. The predicted molar refractivity (Wildman–Crippen MR) is 78.1 cm³/mol. The van der Waals surface area contributed by atoms with Gasteiger partial charge < -0.3 is 10.6 Å². The van der Waals surface area contributed by atoms with E-state index in [0.717, 1.165) is 51.6 Å². The summed E-state index contributed by atoms with van der Waals surface area (Å²) in [6, 6.07) is 2.80. The van der Waals surface area contributed by atoms with E-state index in [-0.39, 0.29) is 5.91 Å². The first kappa shape index (κ1) is 15.3. The quantitative estimate of drug-likeness (QED) is 0.787. The first-order chi connectivity index (χ1) is 9.69. The summed E-state index contributed by atoms with van der Waals surface area (Å²) < 4.78 is 0. The summed E-state index contributed by atoms with van der Waals surface area (Å²) in [5.74, 6) is 0.0106. The zero-order chi connectivity index (χ0) is 14.4. The second kappa shape index (κ2) is 7.05. The molecule has 0 radical (unpaired) electrons. The van der Waals surface area contributed by atoms with Crippen LogP contribution in [0.5, 0.6) is 0 Å². The van der Waals surface area contributed by atoms with Gasteiger partial charge in [0.05, 0.1) is 12.6 Å². The third-order valence-corrected chi connectivity index (χ3v) is 4.59. The lowest BCUT2D eigenvalue weighted by Crippen LogP contribution is -2.52. The van der Waals surface area contributed by atoms with Crippen LogP contribution in [0.3, 0.4) is 0 Å². The van der Waals surface area contributed by atoms with Gasteiger partial charge in [0.1, 0.15) is 5.54 Å². The van der Waals surface area contributed by atoms with Gasteiger partial charge in [-0.25, -0.2) is 0 Å². The fourth-order valence-corrected chi connectivity index (χ4v) is 3.48. The molecule has 0 spiro atoms. The van der Waals surface area contributed by atoms with Gasteiger partial charge in [-0.05, 0) is 39.3 Å². The number of nitrogens with zero attached hydrogens (tertiary/aromatic N) is 2. The van der Waals surface area contributed by atoms with Crippen molar-refractivity contribution in [2.45, 2.75) is 56.5 Å². The second-order valence-electron chi connectivity index (χ2n) is 6.13. The van der Waals surface area contributed by atoms with Gasteiger partial charge >= 0.3 is 0 Å². The molecule has 1 aliphatic carbocycles. The van der Waals surface area contributed by atoms with Crippen LogP contribution in [0.1, 0.15) is 44.9 Å². The minimum atomic E-state index is -0.604. The second-order valence-corrected chi connectivity index (χ2v) is 6.13. The van der Waals surface area contributed by atoms with E-state index in [2.05, 4.69) is 21.6 Å². The molecule has 1 aliphatic heterocycles. The van der Waals surface area contributed by atoms with Gasteiger partial charge in [-0.1, -0.05) is 19.3 Å². The number of nitriles is 1. The summed E-state index contributed by atoms with van der Waals surface area (Å²) in [6.45, 7) is 2.34. The molecule has 20 heavy (non-hydrogen) atoms. The zero-order valence-electron chi connectivity index (χ0n) is 12.5. The maximum absolute atomic E-state index is 12.3. The first-order valence-corrected chi connectivity index (χ1v) is 7.80. The Balaban J connectivity index is 1.86. The van der Waals surface area contributed by atoms with Crippen LogP contribution in [0.15, 0.2) is 0 Å². The van der Waals surface area contributed by atoms with Gasteiger partial charge in [-0.2, -0.15) is 5.26 Å². The van der Waals surface area contributed by atoms with Crippen molar-refractivity contribution in [1.82, 2.24) is 15.5 Å². The van der Waals surface area contributed by atoms with Gasteiger partial charge in [0.15, 0.2) is 0 Å². The molecule has 2 N–H and O–H groups in total. The van der Waals surface area contributed by atoms with Crippen molar-refractivity contribution < 1.29 is 4.79 Å². The van der Waals surface area contributed by atoms with Crippen molar-refractivity contribution in [3.05, 3.63) is 0 Å². The Morgan fingerprint density at radius 2 is 2.10 bits per heavy atom. The van der Waals surface area contributed by atoms with Crippen LogP contribution in [-0.2, 0) is 4.79 Å². The monoisotopic (exact) mass is 278 g/mol. The summed E-state index contributed by atoms with van der Waals surface area (Å²) >= 11 is 0. The summed E-state index contributed by atoms with van der Waals surface area (Å²) in [5.41, 5.74) is -0.604. The van der Waals surface area contributed by atoms with Crippen LogP contribution in [0.2, 0.25) is 0 Å². The summed E-state index contributed by atoms with van der Waals surface area (Å²) in [5, 5.41) is 15.6. The predicted octanol–water partition coefficient (Wildman–Crippen LogP) is 1.01. The van der Waals surface area contributed by atoms with E-state index in [9.17, 15) is 10.1 Å². The van der Waals surface area contributed by atoms with Crippen LogP contribution in [-0.4, -0.2) is 49.1 Å². The Morgan fingerprint density at radius 1 is 1.35 bits per heavy atom. The van der Waals surface area contributed by atoms with Crippen molar-refractivity contribution in [2.75, 3.05) is 26.7 Å². The Bertz CT molecular complexity index is 371. The molecule has 1 saturated carbocycles. The Hall–Kier alpha value is -1.12. The van der Waals surface area contributed by atoms with Gasteiger partial charge in [-0.3, -0.25) is 9.69 Å². The molecule has 1 amide bonds. The maximum atomic E-state index is 12.3. The fraction of sp³-hybridized carbons (Fsp3) is 0.867. The van der Waals surface area contributed by atoms with E-state index >= 15 is 0 Å². The average molecular weight is 278 g/mol. The molecule has 1 unspecified atom stereocenters. The Labute approximate surface area is 121 Å². The molecular weight excluding hydrogens is 252 g/mol. The van der Waals surface area contributed by atoms with Crippen LogP contribution < -0.4 is 10.6 Å². The molecular formula is C15H26N4O. The molecule has 5 nitrogen and oxygen atoms in total. The largest absolute Gasteiger partial charge is 0.337 e. The molecule has 0 aromatic heterocycles. The van der Waals surface area contributed by atoms with Crippen molar-refractivity contribution in [3.8, 4) is 6.07 Å². The zero-order valence-corrected chi connectivity index (χ0v) is 12.5. The summed E-state index contributed by atoms with van der Waals surface area (Å²) in [4.78, 5) is 14.5. The molecule has 1 atom stereocenters. The van der Waals surface area contributed by atoms with E-state index < -0.39 is 5.54 Å². The van der Waals surface area contributed by atoms with E-state index in [0.29, 0.717) is 12.6 Å². The summed E-state index contributed by atoms with van der Waals surface area (Å²) in [7, 11) is 1.95. The average Bonchev–Trinajstić information content (AvgIpc) is 2.87. The van der Waals surface area contributed by atoms with Gasteiger partial charge in [0.25, 0.3) is 0 Å². The van der Waals surface area contributed by atoms with Crippen LogP contribution in [0, 0.1) is 11.3 Å². The van der Waals surface area contributed by atoms with Crippen molar-refractivity contribution in [3.63, 3.8) is 0 Å². The highest BCUT2D eigenvalue weighted by atomic mass is 16.2. The topological polar surface area (TPSA) is 68.2 Å². The van der Waals surface area contributed by atoms with Gasteiger partial charge in [0.2, 0.25) is 5.91 Å². The first-order valence-electron chi connectivity index (χ1n) is 7.80. The van der Waals surface area contributed by atoms with Crippen LogP contribution >= 0.6 is 0 Å². The van der Waals surface area contributed by atoms with E-state index in [1.807, 2.05) is 7.05 Å². The molecule has 0 aromatic rings. The third kappa shape index (κ3) is 3.71. The van der Waals surface area contributed by atoms with E-state index in [1.165, 1.54) is 6.42 Å². The molecule has 1 heterocycles. The fourth-order valence-electron chi connectivity index (χ4n) is 3.48. The van der Waals surface area contributed by atoms with Gasteiger partial charge in [0, 0.05) is 12.6 Å². The number of rotatable bonds is 5. The minimum Gasteiger partial charge on any atom is -0.337 e. The molecule has 2 aliphatic rings. The number of likely N-dealkylation sites (N-methyl/N-ethyl adjacent to an activating group) is 1. The normalized spacial score (nSPS) is 26.1. The molecule has 112 valence electrons. The van der Waals surface area contributed by atoms with Gasteiger partial charge in [-0.15, -0.1) is 0 Å². The van der Waals surface area contributed by atoms with Crippen molar-refractivity contribution >= 4 is 5.91 Å². The highest BCUT2D eigenvalue weighted by molar-refractivity contribution is 5.79. The molecule has 2 fully saturated rings. The molecule has 0 bridgehead atoms. The number of likely N-dealkylation sites (tertiary alicyclic amines) is 1. The molecule has 0 aromatic carbocycles. The van der Waals surface area contributed by atoms with E-state index in [1.54, 1.807) is 0 Å². The Kier molecular flexibility index (Phi) is 5.38. The number of carbonyl (C=O) groups is 1. The standard InChI is InChI=1S/C15H26N4O/c1-17-10-13-6-5-9-19(13)11-14(20)18-15(12-16)7-3-2-4-8-15/h13,17H,2-11H2,1H3,(H,18,20). The lowest BCUT2D eigenvalue weighted by molar-refractivity contribution is -0.124. The van der Waals surface area contributed by atoms with E-state index in [4.69, 9.17) is 0 Å². The minimum absolute atomic E-state index is 0.0106. The van der Waals surface area contributed by atoms with Crippen LogP contribution in [0.25, 0.3) is 0 Å². The molecule has 2 rings (SSSR count). The highest BCUT2D eigenvalue weighted by Gasteiger charge is 2.34. The number of hydrogen-bond acceptors (Lipinski definition) is 4. The smallest absolute Gasteiger partial charge is 0.235 e. The van der Waals surface area contributed by atoms with Crippen molar-refractivity contribution in [1.29, 1.82) is 5.26 Å². The Morgan fingerprint density at radius 3 is 2.75 bits per heavy atom. The summed E-state index contributed by atoms with van der Waals surface area (Å²) in [6.07, 6.45) is 7.17. The number of nitrogens with one attached hydrogen (secondary N) is 2. The SMILES string of the molecule is CNCC1CCCN1CC(=O)NC1(C#N)CCCCC1. The van der Waals surface area contributed by atoms with Crippen LogP contribution in [0.4, 0.5) is 0 Å². The molecule has 5 heteroatoms. The number of amides is 1. The maximum Gasteiger partial charge on any atom is 0.235 e.